The van der Waals surface area contributed by atoms with Gasteiger partial charge in [0.1, 0.15) is 0 Å². The Labute approximate surface area is 188 Å². The number of benzene rings is 1. The number of nitrogens with zero attached hydrogens (tertiary/aromatic N) is 2. The third kappa shape index (κ3) is 4.97. The van der Waals surface area contributed by atoms with E-state index < -0.39 is 28.4 Å². The van der Waals surface area contributed by atoms with Crippen molar-refractivity contribution in [1.29, 1.82) is 0 Å². The Morgan fingerprint density at radius 2 is 1.97 bits per heavy atom. The number of carbonyl (C=O) groups is 2. The molecule has 1 aromatic rings. The Hall–Kier alpha value is -2.04. The number of alkyl halides is 1. The minimum atomic E-state index is -3.73. The molecule has 2 fully saturated rings. The van der Waals surface area contributed by atoms with Crippen LogP contribution in [-0.4, -0.2) is 73.7 Å². The Bertz CT molecular complexity index is 982. The summed E-state index contributed by atoms with van der Waals surface area (Å²) in [5, 5.41) is 5.57. The van der Waals surface area contributed by atoms with Gasteiger partial charge in [0.15, 0.2) is 6.30 Å². The summed E-state index contributed by atoms with van der Waals surface area (Å²) in [6.45, 7) is 3.41. The molecule has 0 bridgehead atoms. The van der Waals surface area contributed by atoms with E-state index in [0.717, 1.165) is 35.8 Å². The zero-order valence-corrected chi connectivity index (χ0v) is 19.3. The number of likely N-dealkylation sites (tertiary alicyclic amines) is 1. The fourth-order valence-corrected chi connectivity index (χ4v) is 7.22. The quantitative estimate of drug-likeness (QED) is 0.644. The molecule has 0 radical (unpaired) electrons. The average Bonchev–Trinajstić information content (AvgIpc) is 3.08. The number of sulfonamides is 1. The summed E-state index contributed by atoms with van der Waals surface area (Å²) in [6.07, 6.45) is 0.442. The van der Waals surface area contributed by atoms with E-state index in [9.17, 15) is 18.0 Å². The van der Waals surface area contributed by atoms with Gasteiger partial charge in [0.05, 0.1) is 12.2 Å². The first-order valence-corrected chi connectivity index (χ1v) is 12.8. The first-order valence-electron chi connectivity index (χ1n) is 11.2. The highest BCUT2D eigenvalue weighted by molar-refractivity contribution is 7.89. The van der Waals surface area contributed by atoms with Crippen LogP contribution in [-0.2, 0) is 21.2 Å². The van der Waals surface area contributed by atoms with Gasteiger partial charge in [-0.1, -0.05) is 0 Å². The van der Waals surface area contributed by atoms with Crippen molar-refractivity contribution in [2.75, 3.05) is 31.2 Å². The molecule has 8 nitrogen and oxygen atoms in total. The lowest BCUT2D eigenvalue weighted by atomic mass is 9.99. The highest BCUT2D eigenvalue weighted by atomic mass is 32.2. The molecule has 4 rings (SSSR count). The van der Waals surface area contributed by atoms with Gasteiger partial charge in [-0.15, -0.1) is 0 Å². The summed E-state index contributed by atoms with van der Waals surface area (Å²) in [5.74, 6) is -0.432. The number of carbonyl (C=O) groups excluding carboxylic acids is 2. The van der Waals surface area contributed by atoms with Gasteiger partial charge in [-0.05, 0) is 76.0 Å². The monoisotopic (exact) mass is 466 g/mol. The van der Waals surface area contributed by atoms with Crippen LogP contribution in [0.3, 0.4) is 0 Å². The Kier molecular flexibility index (Phi) is 6.56. The highest BCUT2D eigenvalue weighted by Gasteiger charge is 2.42. The lowest BCUT2D eigenvalue weighted by Gasteiger charge is -2.40. The molecule has 0 aromatic heterocycles. The van der Waals surface area contributed by atoms with Gasteiger partial charge in [-0.3, -0.25) is 9.59 Å². The minimum Gasteiger partial charge on any atom is -0.349 e. The second-order valence-electron chi connectivity index (χ2n) is 9.38. The molecule has 0 saturated carbocycles. The molecule has 2 N–H and O–H groups in total. The second-order valence-corrected chi connectivity index (χ2v) is 11.3. The highest BCUT2D eigenvalue weighted by Crippen LogP contribution is 2.30. The number of anilines is 1. The number of rotatable bonds is 5. The van der Waals surface area contributed by atoms with Gasteiger partial charge >= 0.3 is 0 Å². The van der Waals surface area contributed by atoms with E-state index in [1.807, 2.05) is 7.05 Å². The lowest BCUT2D eigenvalue weighted by Crippen LogP contribution is -2.55. The third-order valence-electron chi connectivity index (χ3n) is 6.75. The van der Waals surface area contributed by atoms with Crippen LogP contribution < -0.4 is 10.6 Å². The molecule has 3 atom stereocenters. The molecule has 0 aliphatic carbocycles. The normalized spacial score (nSPS) is 27.7. The summed E-state index contributed by atoms with van der Waals surface area (Å²) in [5.41, 5.74) is 1.86. The second kappa shape index (κ2) is 9.07. The molecule has 3 heterocycles. The van der Waals surface area contributed by atoms with Crippen molar-refractivity contribution in [3.05, 3.63) is 29.3 Å². The molecule has 3 aliphatic heterocycles. The molecule has 0 spiro atoms. The van der Waals surface area contributed by atoms with Crippen molar-refractivity contribution < 1.29 is 22.4 Å². The van der Waals surface area contributed by atoms with E-state index >= 15 is 4.39 Å². The number of hydrogen-bond acceptors (Lipinski definition) is 5. The molecule has 32 heavy (non-hydrogen) atoms. The third-order valence-corrected chi connectivity index (χ3v) is 8.87. The molecular formula is C22H31FN4O4S. The van der Waals surface area contributed by atoms with Gasteiger partial charge in [-0.25, -0.2) is 12.8 Å². The zero-order valence-electron chi connectivity index (χ0n) is 18.5. The zero-order chi connectivity index (χ0) is 23.0. The summed E-state index contributed by atoms with van der Waals surface area (Å²) in [6, 6.07) is 3.98. The smallest absolute Gasteiger partial charge is 0.251 e. The summed E-state index contributed by atoms with van der Waals surface area (Å²) >= 11 is 0. The van der Waals surface area contributed by atoms with E-state index in [1.54, 1.807) is 25.1 Å². The number of fused-ring (bicyclic) bond motifs is 1. The van der Waals surface area contributed by atoms with Crippen molar-refractivity contribution >= 4 is 27.5 Å². The van der Waals surface area contributed by atoms with Crippen LogP contribution >= 0.6 is 0 Å². The van der Waals surface area contributed by atoms with E-state index in [-0.39, 0.29) is 36.3 Å². The fourth-order valence-electron chi connectivity index (χ4n) is 5.04. The summed E-state index contributed by atoms with van der Waals surface area (Å²) in [4.78, 5) is 26.4. The number of hydrogen-bond donors (Lipinski definition) is 2. The van der Waals surface area contributed by atoms with Crippen LogP contribution in [0, 0.1) is 5.92 Å². The molecular weight excluding hydrogens is 435 g/mol. The fraction of sp³-hybridized carbons (Fsp3) is 0.636. The molecule has 3 aliphatic rings. The van der Waals surface area contributed by atoms with E-state index in [1.165, 1.54) is 0 Å². The largest absolute Gasteiger partial charge is 0.349 e. The van der Waals surface area contributed by atoms with Crippen LogP contribution in [0.4, 0.5) is 10.1 Å². The van der Waals surface area contributed by atoms with Gasteiger partial charge in [-0.2, -0.15) is 4.31 Å². The number of halogens is 1. The van der Waals surface area contributed by atoms with Crippen molar-refractivity contribution in [3.8, 4) is 0 Å². The molecule has 2 amide bonds. The minimum absolute atomic E-state index is 0.0233. The maximum absolute atomic E-state index is 15.1. The van der Waals surface area contributed by atoms with Crippen LogP contribution in [0.25, 0.3) is 0 Å². The molecule has 176 valence electrons. The number of piperidine rings is 2. The van der Waals surface area contributed by atoms with Gasteiger partial charge < -0.3 is 15.5 Å². The van der Waals surface area contributed by atoms with E-state index in [4.69, 9.17) is 0 Å². The molecule has 1 aromatic carbocycles. The average molecular weight is 467 g/mol. The van der Waals surface area contributed by atoms with Crippen molar-refractivity contribution in [3.63, 3.8) is 0 Å². The van der Waals surface area contributed by atoms with Crippen LogP contribution in [0.1, 0.15) is 48.5 Å². The summed E-state index contributed by atoms with van der Waals surface area (Å²) in [7, 11) is -1.71. The Morgan fingerprint density at radius 1 is 1.25 bits per heavy atom. The van der Waals surface area contributed by atoms with E-state index in [2.05, 4.69) is 15.5 Å². The van der Waals surface area contributed by atoms with E-state index in [0.29, 0.717) is 17.7 Å². The SMILES string of the molecule is C[C@H]1C[C@@H](NC(=O)c2ccc3c(c2)CC(=O)N3)C[C@@H](F)N1S(=O)(=O)CC1CCN(C)CC1. The molecule has 2 saturated heterocycles. The van der Waals surface area contributed by atoms with Crippen molar-refractivity contribution in [2.24, 2.45) is 5.92 Å². The Morgan fingerprint density at radius 3 is 2.66 bits per heavy atom. The maximum atomic E-state index is 15.1. The maximum Gasteiger partial charge on any atom is 0.251 e. The van der Waals surface area contributed by atoms with Gasteiger partial charge in [0.25, 0.3) is 5.91 Å². The first-order chi connectivity index (χ1) is 15.1. The topological polar surface area (TPSA) is 98.8 Å². The predicted molar refractivity (Wildman–Crippen MR) is 119 cm³/mol. The van der Waals surface area contributed by atoms with Crippen molar-refractivity contribution in [1.82, 2.24) is 14.5 Å². The van der Waals surface area contributed by atoms with Gasteiger partial charge in [0, 0.05) is 29.8 Å². The predicted octanol–water partition coefficient (Wildman–Crippen LogP) is 1.73. The molecule has 0 unspecified atom stereocenters. The first kappa shape index (κ1) is 23.1. The number of amides is 2. The Balaban J connectivity index is 1.37. The van der Waals surface area contributed by atoms with Gasteiger partial charge in [0.2, 0.25) is 15.9 Å². The number of nitrogens with one attached hydrogen (secondary N) is 2. The van der Waals surface area contributed by atoms with Crippen molar-refractivity contribution in [2.45, 2.75) is 57.4 Å². The standard InChI is InChI=1S/C22H31FN4O4S/c1-14-9-18(24-22(29)16-3-4-19-17(10-16)11-21(28)25-19)12-20(23)27(14)32(30,31)13-15-5-7-26(2)8-6-15/h3-4,10,14-15,18,20H,5-9,11-13H2,1-2H3,(H,24,29)(H,25,28)/t14-,18+,20-/m0/s1. The lowest BCUT2D eigenvalue weighted by molar-refractivity contribution is -0.115. The van der Waals surface area contributed by atoms with Crippen LogP contribution in [0.15, 0.2) is 18.2 Å². The molecule has 10 heteroatoms. The van der Waals surface area contributed by atoms with Crippen LogP contribution in [0.5, 0.6) is 0 Å². The van der Waals surface area contributed by atoms with Crippen LogP contribution in [0.2, 0.25) is 0 Å². The summed E-state index contributed by atoms with van der Waals surface area (Å²) < 4.78 is 42.1.